The summed E-state index contributed by atoms with van der Waals surface area (Å²) in [5, 5.41) is 23.8. The quantitative estimate of drug-likeness (QED) is 0.318. The summed E-state index contributed by atoms with van der Waals surface area (Å²) in [5.41, 5.74) is 3.77. The third-order valence-electron chi connectivity index (χ3n) is 5.40. The molecule has 2 aromatic carbocycles. The van der Waals surface area contributed by atoms with Crippen LogP contribution in [0.2, 0.25) is 0 Å². The summed E-state index contributed by atoms with van der Waals surface area (Å²) in [5.74, 6) is 0.212. The third kappa shape index (κ3) is 4.57. The topological polar surface area (TPSA) is 110 Å². The molecular formula is C21H23N7O3S. The van der Waals surface area contributed by atoms with Gasteiger partial charge in [-0.15, -0.1) is 5.10 Å². The van der Waals surface area contributed by atoms with Crippen LogP contribution in [-0.4, -0.2) is 67.9 Å². The molecule has 0 N–H and O–H groups in total. The minimum atomic E-state index is -0.372. The lowest BCUT2D eigenvalue weighted by Gasteiger charge is -2.35. The number of hydrogen-bond donors (Lipinski definition) is 0. The van der Waals surface area contributed by atoms with E-state index >= 15 is 0 Å². The van der Waals surface area contributed by atoms with Gasteiger partial charge in [-0.2, -0.15) is 4.68 Å². The number of tetrazole rings is 1. The lowest BCUT2D eigenvalue weighted by Crippen LogP contribution is -2.49. The van der Waals surface area contributed by atoms with Crippen molar-refractivity contribution in [2.75, 3.05) is 36.8 Å². The van der Waals surface area contributed by atoms with Gasteiger partial charge in [0.2, 0.25) is 11.1 Å². The standard InChI is InChI=1S/C21H23N7O3S/c1-15-7-8-17(16(2)13-15)27-21(22-23-24-27)32-14-20(29)26-11-9-25(10-12-26)18-5-3-4-6-19(18)28(30)31/h3-8,13H,9-12,14H2,1-2H3. The maximum atomic E-state index is 12.8. The maximum Gasteiger partial charge on any atom is 0.292 e. The fourth-order valence-electron chi connectivity index (χ4n) is 3.76. The van der Waals surface area contributed by atoms with Crippen LogP contribution in [0.3, 0.4) is 0 Å². The molecule has 4 rings (SSSR count). The number of aryl methyl sites for hydroxylation is 2. The molecule has 166 valence electrons. The molecule has 1 aliphatic heterocycles. The monoisotopic (exact) mass is 453 g/mol. The number of hydrogen-bond acceptors (Lipinski definition) is 8. The van der Waals surface area contributed by atoms with E-state index in [-0.39, 0.29) is 22.3 Å². The third-order valence-corrected chi connectivity index (χ3v) is 6.30. The summed E-state index contributed by atoms with van der Waals surface area (Å²) in [4.78, 5) is 27.4. The number of carbonyl (C=O) groups excluding carboxylic acids is 1. The molecule has 1 fully saturated rings. The number of nitro benzene ring substituents is 1. The van der Waals surface area contributed by atoms with Crippen LogP contribution in [0.1, 0.15) is 11.1 Å². The highest BCUT2D eigenvalue weighted by atomic mass is 32.2. The van der Waals surface area contributed by atoms with E-state index in [1.54, 1.807) is 27.8 Å². The lowest BCUT2D eigenvalue weighted by molar-refractivity contribution is -0.384. The number of rotatable bonds is 6. The Bertz CT molecular complexity index is 1140. The van der Waals surface area contributed by atoms with E-state index in [0.717, 1.165) is 16.8 Å². The average molecular weight is 454 g/mol. The molecule has 0 spiro atoms. The second-order valence-electron chi connectivity index (χ2n) is 7.57. The predicted octanol–water partition coefficient (Wildman–Crippen LogP) is 2.63. The summed E-state index contributed by atoms with van der Waals surface area (Å²) in [6, 6.07) is 12.7. The predicted molar refractivity (Wildman–Crippen MR) is 121 cm³/mol. The molecule has 3 aromatic rings. The largest absolute Gasteiger partial charge is 0.362 e. The van der Waals surface area contributed by atoms with E-state index in [1.165, 1.54) is 17.8 Å². The second-order valence-corrected chi connectivity index (χ2v) is 8.51. The van der Waals surface area contributed by atoms with Gasteiger partial charge >= 0.3 is 0 Å². The number of thioether (sulfide) groups is 1. The van der Waals surface area contributed by atoms with Gasteiger partial charge in [-0.05, 0) is 42.0 Å². The number of benzene rings is 2. The minimum Gasteiger partial charge on any atom is -0.362 e. The van der Waals surface area contributed by atoms with Crippen molar-refractivity contribution in [2.24, 2.45) is 0 Å². The first-order valence-electron chi connectivity index (χ1n) is 10.2. The summed E-state index contributed by atoms with van der Waals surface area (Å²) in [6.45, 7) is 6.13. The lowest BCUT2D eigenvalue weighted by atomic mass is 10.1. The van der Waals surface area contributed by atoms with Gasteiger partial charge in [-0.3, -0.25) is 14.9 Å². The fraction of sp³-hybridized carbons (Fsp3) is 0.333. The molecule has 32 heavy (non-hydrogen) atoms. The van der Waals surface area contributed by atoms with Crippen LogP contribution in [-0.2, 0) is 4.79 Å². The number of anilines is 1. The van der Waals surface area contributed by atoms with Crippen molar-refractivity contribution in [3.8, 4) is 5.69 Å². The van der Waals surface area contributed by atoms with Gasteiger partial charge in [-0.25, -0.2) is 0 Å². The van der Waals surface area contributed by atoms with Crippen LogP contribution in [0.4, 0.5) is 11.4 Å². The van der Waals surface area contributed by atoms with E-state index in [0.29, 0.717) is 37.0 Å². The van der Waals surface area contributed by atoms with Crippen LogP contribution in [0, 0.1) is 24.0 Å². The first kappa shape index (κ1) is 21.8. The number of para-hydroxylation sites is 2. The Morgan fingerprint density at radius 3 is 2.56 bits per heavy atom. The highest BCUT2D eigenvalue weighted by Gasteiger charge is 2.26. The van der Waals surface area contributed by atoms with Crippen molar-refractivity contribution in [3.63, 3.8) is 0 Å². The van der Waals surface area contributed by atoms with Crippen LogP contribution in [0.25, 0.3) is 5.69 Å². The van der Waals surface area contributed by atoms with E-state index in [2.05, 4.69) is 21.6 Å². The maximum absolute atomic E-state index is 12.8. The molecule has 1 aliphatic rings. The minimum absolute atomic E-state index is 0.00705. The Kier molecular flexibility index (Phi) is 6.35. The zero-order chi connectivity index (χ0) is 22.7. The molecule has 0 aliphatic carbocycles. The molecule has 0 bridgehead atoms. The molecule has 0 unspecified atom stereocenters. The van der Waals surface area contributed by atoms with E-state index in [1.807, 2.05) is 30.9 Å². The molecular weight excluding hydrogens is 430 g/mol. The van der Waals surface area contributed by atoms with Crippen LogP contribution in [0.15, 0.2) is 47.6 Å². The van der Waals surface area contributed by atoms with E-state index in [4.69, 9.17) is 0 Å². The molecule has 0 atom stereocenters. The highest BCUT2D eigenvalue weighted by molar-refractivity contribution is 7.99. The van der Waals surface area contributed by atoms with Crippen molar-refractivity contribution in [1.82, 2.24) is 25.1 Å². The van der Waals surface area contributed by atoms with E-state index in [9.17, 15) is 14.9 Å². The average Bonchev–Trinajstić information content (AvgIpc) is 3.26. The summed E-state index contributed by atoms with van der Waals surface area (Å²) in [7, 11) is 0. The normalized spacial score (nSPS) is 13.9. The van der Waals surface area contributed by atoms with Crippen LogP contribution < -0.4 is 4.90 Å². The van der Waals surface area contributed by atoms with E-state index < -0.39 is 0 Å². The van der Waals surface area contributed by atoms with Crippen LogP contribution >= 0.6 is 11.8 Å². The van der Waals surface area contributed by atoms with Gasteiger partial charge in [0.05, 0.1) is 16.4 Å². The SMILES string of the molecule is Cc1ccc(-n2nnnc2SCC(=O)N2CCN(c3ccccc3[N+](=O)[O-])CC2)c(C)c1. The van der Waals surface area contributed by atoms with Gasteiger partial charge < -0.3 is 9.80 Å². The molecule has 0 radical (unpaired) electrons. The Morgan fingerprint density at radius 2 is 1.84 bits per heavy atom. The number of aromatic nitrogens is 4. The smallest absolute Gasteiger partial charge is 0.292 e. The number of piperazine rings is 1. The Balaban J connectivity index is 1.36. The molecule has 2 heterocycles. The van der Waals surface area contributed by atoms with Gasteiger partial charge in [0.1, 0.15) is 5.69 Å². The molecule has 0 saturated carbocycles. The molecule has 1 aromatic heterocycles. The number of nitro groups is 1. The zero-order valence-corrected chi connectivity index (χ0v) is 18.7. The summed E-state index contributed by atoms with van der Waals surface area (Å²) < 4.78 is 1.65. The van der Waals surface area contributed by atoms with Crippen molar-refractivity contribution in [2.45, 2.75) is 19.0 Å². The fourth-order valence-corrected chi connectivity index (χ4v) is 4.55. The van der Waals surface area contributed by atoms with Gasteiger partial charge in [0, 0.05) is 32.2 Å². The number of amides is 1. The number of nitrogens with zero attached hydrogens (tertiary/aromatic N) is 7. The zero-order valence-electron chi connectivity index (χ0n) is 17.8. The highest BCUT2D eigenvalue weighted by Crippen LogP contribution is 2.28. The van der Waals surface area contributed by atoms with Gasteiger partial charge in [0.15, 0.2) is 0 Å². The Labute approximate surface area is 189 Å². The van der Waals surface area contributed by atoms with Crippen molar-refractivity contribution >= 4 is 29.0 Å². The van der Waals surface area contributed by atoms with Gasteiger partial charge in [-0.1, -0.05) is 41.6 Å². The summed E-state index contributed by atoms with van der Waals surface area (Å²) in [6.07, 6.45) is 0. The van der Waals surface area contributed by atoms with Crippen LogP contribution in [0.5, 0.6) is 0 Å². The number of carbonyl (C=O) groups is 1. The Morgan fingerprint density at radius 1 is 1.09 bits per heavy atom. The van der Waals surface area contributed by atoms with Gasteiger partial charge in [0.25, 0.3) is 5.69 Å². The molecule has 10 nitrogen and oxygen atoms in total. The first-order chi connectivity index (χ1) is 15.4. The van der Waals surface area contributed by atoms with Crippen molar-refractivity contribution in [1.29, 1.82) is 0 Å². The second kappa shape index (κ2) is 9.35. The molecule has 11 heteroatoms. The molecule has 1 amide bonds. The Hall–Kier alpha value is -3.47. The first-order valence-corrected chi connectivity index (χ1v) is 11.2. The van der Waals surface area contributed by atoms with Crippen molar-refractivity contribution in [3.05, 3.63) is 63.7 Å². The summed E-state index contributed by atoms with van der Waals surface area (Å²) >= 11 is 1.30. The molecule has 1 saturated heterocycles. The van der Waals surface area contributed by atoms with Crippen molar-refractivity contribution < 1.29 is 9.72 Å².